The van der Waals surface area contributed by atoms with E-state index in [1.807, 2.05) is 0 Å². The fourth-order valence-electron chi connectivity index (χ4n) is 1.47. The Morgan fingerprint density at radius 1 is 1.17 bits per heavy atom. The number of nitrogens with two attached hydrogens (primary N) is 1. The zero-order valence-corrected chi connectivity index (χ0v) is 9.26. The third-order valence-electron chi connectivity index (χ3n) is 2.37. The van der Waals surface area contributed by atoms with Gasteiger partial charge >= 0.3 is 0 Å². The van der Waals surface area contributed by atoms with Gasteiger partial charge in [0.15, 0.2) is 0 Å². The van der Waals surface area contributed by atoms with Gasteiger partial charge in [0.05, 0.1) is 16.3 Å². The molecule has 92 valence electrons. The molecule has 6 heteroatoms. The van der Waals surface area contributed by atoms with Crippen molar-refractivity contribution >= 4 is 22.7 Å². The number of non-ortho nitro benzene ring substituents is 1. The minimum Gasteiger partial charge on any atom is -0.397 e. The van der Waals surface area contributed by atoms with Crippen LogP contribution in [0.5, 0.6) is 0 Å². The van der Waals surface area contributed by atoms with Crippen LogP contribution >= 0.6 is 0 Å². The smallest absolute Gasteiger partial charge is 0.271 e. The molecule has 0 unspecified atom stereocenters. The Hall–Kier alpha value is -2.63. The Labute approximate surface area is 102 Å². The van der Waals surface area contributed by atoms with E-state index in [-0.39, 0.29) is 17.2 Å². The minimum absolute atomic E-state index is 0.0721. The van der Waals surface area contributed by atoms with Crippen molar-refractivity contribution in [1.82, 2.24) is 0 Å². The topological polar surface area (TPSA) is 81.2 Å². The molecule has 0 bridgehead atoms. The van der Waals surface area contributed by atoms with E-state index in [1.165, 1.54) is 30.3 Å². The maximum Gasteiger partial charge on any atom is 0.271 e. The van der Waals surface area contributed by atoms with Crippen LogP contribution in [-0.2, 0) is 0 Å². The number of hydrogen-bond donors (Lipinski definition) is 2. The molecule has 2 rings (SSSR count). The molecular weight excluding hydrogens is 237 g/mol. The Kier molecular flexibility index (Phi) is 3.09. The first-order chi connectivity index (χ1) is 8.56. The molecular formula is C12H10FN3O2. The highest BCUT2D eigenvalue weighted by molar-refractivity contribution is 5.74. The van der Waals surface area contributed by atoms with Crippen LogP contribution in [0, 0.1) is 15.9 Å². The normalized spacial score (nSPS) is 10.1. The van der Waals surface area contributed by atoms with Crippen LogP contribution in [0.15, 0.2) is 42.5 Å². The summed E-state index contributed by atoms with van der Waals surface area (Å²) in [5.41, 5.74) is 7.07. The van der Waals surface area contributed by atoms with Gasteiger partial charge in [0.1, 0.15) is 5.82 Å². The van der Waals surface area contributed by atoms with Crippen molar-refractivity contribution in [3.8, 4) is 0 Å². The molecule has 0 spiro atoms. The third-order valence-corrected chi connectivity index (χ3v) is 2.37. The number of nitrogens with one attached hydrogen (secondary N) is 1. The van der Waals surface area contributed by atoms with Crippen molar-refractivity contribution in [2.45, 2.75) is 0 Å². The van der Waals surface area contributed by atoms with Gasteiger partial charge in [0.25, 0.3) is 5.69 Å². The average molecular weight is 247 g/mol. The fourth-order valence-corrected chi connectivity index (χ4v) is 1.47. The lowest BCUT2D eigenvalue weighted by Crippen LogP contribution is -1.98. The van der Waals surface area contributed by atoms with Gasteiger partial charge in [-0.15, -0.1) is 0 Å². The number of hydrogen-bond acceptors (Lipinski definition) is 4. The molecule has 0 atom stereocenters. The minimum atomic E-state index is -0.516. The van der Waals surface area contributed by atoms with Crippen LogP contribution in [0.25, 0.3) is 0 Å². The SMILES string of the molecule is Nc1cc([N+](=O)[O-])ccc1Nc1ccc(F)cc1. The second kappa shape index (κ2) is 4.70. The van der Waals surface area contributed by atoms with Gasteiger partial charge in [-0.2, -0.15) is 0 Å². The Bertz CT molecular complexity index is 584. The number of nitro benzene ring substituents is 1. The van der Waals surface area contributed by atoms with Gasteiger partial charge in [0.2, 0.25) is 0 Å². The van der Waals surface area contributed by atoms with Crippen molar-refractivity contribution in [1.29, 1.82) is 0 Å². The van der Waals surface area contributed by atoms with E-state index in [9.17, 15) is 14.5 Å². The van der Waals surface area contributed by atoms with Crippen LogP contribution in [-0.4, -0.2) is 4.92 Å². The van der Waals surface area contributed by atoms with E-state index in [0.717, 1.165) is 0 Å². The highest BCUT2D eigenvalue weighted by Gasteiger charge is 2.08. The highest BCUT2D eigenvalue weighted by Crippen LogP contribution is 2.27. The molecule has 18 heavy (non-hydrogen) atoms. The number of anilines is 3. The summed E-state index contributed by atoms with van der Waals surface area (Å²) in [6.07, 6.45) is 0. The van der Waals surface area contributed by atoms with Crippen molar-refractivity contribution in [2.24, 2.45) is 0 Å². The summed E-state index contributed by atoms with van der Waals surface area (Å²) in [5.74, 6) is -0.336. The second-order valence-electron chi connectivity index (χ2n) is 3.66. The van der Waals surface area contributed by atoms with Gasteiger partial charge in [-0.05, 0) is 30.3 Å². The molecule has 2 aromatic carbocycles. The molecule has 0 aliphatic heterocycles. The monoisotopic (exact) mass is 247 g/mol. The lowest BCUT2D eigenvalue weighted by molar-refractivity contribution is -0.384. The van der Waals surface area contributed by atoms with E-state index in [1.54, 1.807) is 12.1 Å². The summed E-state index contributed by atoms with van der Waals surface area (Å²) in [4.78, 5) is 10.0. The van der Waals surface area contributed by atoms with Gasteiger partial charge in [0, 0.05) is 17.8 Å². The van der Waals surface area contributed by atoms with Gasteiger partial charge in [-0.1, -0.05) is 0 Å². The molecule has 0 heterocycles. The number of nitrogen functional groups attached to an aromatic ring is 1. The highest BCUT2D eigenvalue weighted by atomic mass is 19.1. The standard InChI is InChI=1S/C12H10FN3O2/c13-8-1-3-9(4-2-8)15-12-6-5-10(16(17)18)7-11(12)14/h1-7,15H,14H2. The molecule has 2 aromatic rings. The predicted octanol–water partition coefficient (Wildman–Crippen LogP) is 3.06. The number of nitro groups is 1. The largest absolute Gasteiger partial charge is 0.397 e. The zero-order chi connectivity index (χ0) is 13.1. The van der Waals surface area contributed by atoms with Crippen molar-refractivity contribution in [3.63, 3.8) is 0 Å². The summed E-state index contributed by atoms with van der Waals surface area (Å²) < 4.78 is 12.7. The first kappa shape index (κ1) is 11.8. The van der Waals surface area contributed by atoms with E-state index in [0.29, 0.717) is 11.4 Å². The number of halogens is 1. The van der Waals surface area contributed by atoms with Crippen molar-refractivity contribution < 1.29 is 9.31 Å². The van der Waals surface area contributed by atoms with Crippen LogP contribution in [0.2, 0.25) is 0 Å². The Morgan fingerprint density at radius 3 is 2.39 bits per heavy atom. The molecule has 0 fully saturated rings. The second-order valence-corrected chi connectivity index (χ2v) is 3.66. The molecule has 5 nitrogen and oxygen atoms in total. The number of benzene rings is 2. The predicted molar refractivity (Wildman–Crippen MR) is 67.2 cm³/mol. The first-order valence-corrected chi connectivity index (χ1v) is 5.13. The van der Waals surface area contributed by atoms with Crippen molar-refractivity contribution in [3.05, 3.63) is 58.4 Å². The van der Waals surface area contributed by atoms with Gasteiger partial charge in [-0.3, -0.25) is 10.1 Å². The van der Waals surface area contributed by atoms with E-state index in [4.69, 9.17) is 5.73 Å². The van der Waals surface area contributed by atoms with Crippen molar-refractivity contribution in [2.75, 3.05) is 11.1 Å². The molecule has 0 radical (unpaired) electrons. The molecule has 0 aromatic heterocycles. The molecule has 0 aliphatic rings. The first-order valence-electron chi connectivity index (χ1n) is 5.13. The molecule has 3 N–H and O–H groups in total. The van der Waals surface area contributed by atoms with E-state index >= 15 is 0 Å². The molecule has 0 amide bonds. The lowest BCUT2D eigenvalue weighted by atomic mass is 10.2. The maximum atomic E-state index is 12.7. The van der Waals surface area contributed by atoms with Crippen LogP contribution in [0.3, 0.4) is 0 Å². The zero-order valence-electron chi connectivity index (χ0n) is 9.26. The molecule has 0 aliphatic carbocycles. The molecule has 0 saturated carbocycles. The fraction of sp³-hybridized carbons (Fsp3) is 0. The number of nitrogens with zero attached hydrogens (tertiary/aromatic N) is 1. The van der Waals surface area contributed by atoms with E-state index < -0.39 is 4.92 Å². The molecule has 0 saturated heterocycles. The average Bonchev–Trinajstić information content (AvgIpc) is 2.34. The van der Waals surface area contributed by atoms with Crippen LogP contribution in [0.4, 0.5) is 27.1 Å². The van der Waals surface area contributed by atoms with Gasteiger partial charge < -0.3 is 11.1 Å². The summed E-state index contributed by atoms with van der Waals surface area (Å²) >= 11 is 0. The summed E-state index contributed by atoms with van der Waals surface area (Å²) in [6.45, 7) is 0. The van der Waals surface area contributed by atoms with E-state index in [2.05, 4.69) is 5.32 Å². The summed E-state index contributed by atoms with van der Waals surface area (Å²) in [5, 5.41) is 13.5. The Morgan fingerprint density at radius 2 is 1.83 bits per heavy atom. The van der Waals surface area contributed by atoms with Gasteiger partial charge in [-0.25, -0.2) is 4.39 Å². The third kappa shape index (κ3) is 2.54. The number of rotatable bonds is 3. The van der Waals surface area contributed by atoms with Crippen LogP contribution < -0.4 is 11.1 Å². The summed E-state index contributed by atoms with van der Waals surface area (Å²) in [7, 11) is 0. The van der Waals surface area contributed by atoms with Crippen LogP contribution in [0.1, 0.15) is 0 Å². The summed E-state index contributed by atoms with van der Waals surface area (Å²) in [6, 6.07) is 9.85. The quantitative estimate of drug-likeness (QED) is 0.496. The maximum absolute atomic E-state index is 12.7. The lowest BCUT2D eigenvalue weighted by Gasteiger charge is -2.08. The Balaban J connectivity index is 2.24.